The molecular weight excluding hydrogens is 550 g/mol. The van der Waals surface area contributed by atoms with E-state index in [0.29, 0.717) is 36.0 Å². The molecule has 2 heterocycles. The zero-order valence-corrected chi connectivity index (χ0v) is 28.2. The summed E-state index contributed by atoms with van der Waals surface area (Å²) in [6, 6.07) is 2.83. The van der Waals surface area contributed by atoms with E-state index in [1.54, 1.807) is 0 Å². The number of aromatic amines is 1. The SMILES string of the molecule is CCCCCCCCCC(=O)c1[nH]c2c(C(=O)CCCCCCCCC)ccc3c2c1C[C@@H](CO)NC(=O)[C@H](C(C)C)N3C. The number of amides is 1. The molecule has 7 heteroatoms. The number of unbranched alkanes of at least 4 members (excludes halogenated alkanes) is 12. The molecule has 0 bridgehead atoms. The highest BCUT2D eigenvalue weighted by Gasteiger charge is 2.34. The van der Waals surface area contributed by atoms with Crippen LogP contribution in [0.3, 0.4) is 0 Å². The van der Waals surface area contributed by atoms with Crippen LogP contribution in [-0.2, 0) is 11.2 Å². The highest BCUT2D eigenvalue weighted by Crippen LogP contribution is 2.38. The number of hydrogen-bond acceptors (Lipinski definition) is 5. The van der Waals surface area contributed by atoms with Crippen LogP contribution in [0.2, 0.25) is 0 Å². The van der Waals surface area contributed by atoms with Crippen molar-refractivity contribution in [1.82, 2.24) is 10.3 Å². The molecule has 246 valence electrons. The third kappa shape index (κ3) is 9.42. The number of anilines is 1. The lowest BCUT2D eigenvalue weighted by Gasteiger charge is -2.32. The number of likely N-dealkylation sites (N-methyl/N-ethyl adjacent to an activating group) is 1. The Balaban J connectivity index is 1.97. The maximum absolute atomic E-state index is 13.8. The van der Waals surface area contributed by atoms with Crippen LogP contribution in [0.1, 0.15) is 157 Å². The van der Waals surface area contributed by atoms with Crippen LogP contribution in [0, 0.1) is 5.92 Å². The molecular formula is C37H59N3O4. The molecule has 1 aliphatic heterocycles. The lowest BCUT2D eigenvalue weighted by molar-refractivity contribution is -0.124. The number of hydrogen-bond donors (Lipinski definition) is 3. The van der Waals surface area contributed by atoms with Gasteiger partial charge in [-0.25, -0.2) is 0 Å². The van der Waals surface area contributed by atoms with Gasteiger partial charge in [0, 0.05) is 36.5 Å². The zero-order chi connectivity index (χ0) is 32.1. The summed E-state index contributed by atoms with van der Waals surface area (Å²) in [5.74, 6) is -0.0165. The molecule has 2 aromatic rings. The van der Waals surface area contributed by atoms with E-state index in [9.17, 15) is 19.5 Å². The fourth-order valence-corrected chi connectivity index (χ4v) is 6.84. The molecule has 3 rings (SSSR count). The van der Waals surface area contributed by atoms with E-state index in [2.05, 4.69) is 24.1 Å². The van der Waals surface area contributed by atoms with Gasteiger partial charge in [0.05, 0.1) is 23.9 Å². The average Bonchev–Trinajstić information content (AvgIpc) is 3.39. The van der Waals surface area contributed by atoms with E-state index < -0.39 is 12.1 Å². The fourth-order valence-electron chi connectivity index (χ4n) is 6.84. The summed E-state index contributed by atoms with van der Waals surface area (Å²) in [6.45, 7) is 8.23. The first-order valence-corrected chi connectivity index (χ1v) is 17.6. The topological polar surface area (TPSA) is 102 Å². The van der Waals surface area contributed by atoms with Crippen molar-refractivity contribution in [1.29, 1.82) is 0 Å². The number of benzene rings is 1. The summed E-state index contributed by atoms with van der Waals surface area (Å²) < 4.78 is 0. The van der Waals surface area contributed by atoms with Crippen LogP contribution in [0.4, 0.5) is 5.69 Å². The molecule has 0 saturated carbocycles. The molecule has 3 N–H and O–H groups in total. The first-order valence-electron chi connectivity index (χ1n) is 17.6. The highest BCUT2D eigenvalue weighted by atomic mass is 16.3. The van der Waals surface area contributed by atoms with E-state index >= 15 is 0 Å². The molecule has 1 aliphatic rings. The van der Waals surface area contributed by atoms with E-state index in [0.717, 1.165) is 55.2 Å². The van der Waals surface area contributed by atoms with E-state index in [1.165, 1.54) is 51.4 Å². The van der Waals surface area contributed by atoms with Gasteiger partial charge < -0.3 is 20.3 Å². The summed E-state index contributed by atoms with van der Waals surface area (Å²) in [7, 11) is 1.91. The van der Waals surface area contributed by atoms with Crippen molar-refractivity contribution in [3.05, 3.63) is 29.0 Å². The van der Waals surface area contributed by atoms with Crippen molar-refractivity contribution in [2.45, 2.75) is 149 Å². The van der Waals surface area contributed by atoms with Crippen molar-refractivity contribution in [3.63, 3.8) is 0 Å². The van der Waals surface area contributed by atoms with Crippen molar-refractivity contribution < 1.29 is 19.5 Å². The lowest BCUT2D eigenvalue weighted by Crippen LogP contribution is -2.52. The molecule has 1 aromatic heterocycles. The minimum Gasteiger partial charge on any atom is -0.394 e. The number of aliphatic hydroxyl groups is 1. The number of aromatic nitrogens is 1. The normalized spacial score (nSPS) is 17.1. The minimum absolute atomic E-state index is 0.00643. The van der Waals surface area contributed by atoms with Gasteiger partial charge in [-0.3, -0.25) is 14.4 Å². The molecule has 2 atom stereocenters. The Kier molecular flexibility index (Phi) is 14.9. The van der Waals surface area contributed by atoms with Gasteiger partial charge >= 0.3 is 0 Å². The smallest absolute Gasteiger partial charge is 0.243 e. The summed E-state index contributed by atoms with van der Waals surface area (Å²) in [5.41, 5.74) is 3.45. The lowest BCUT2D eigenvalue weighted by atomic mass is 9.95. The molecule has 1 amide bonds. The number of H-pyrrole nitrogens is 1. The van der Waals surface area contributed by atoms with Crippen LogP contribution in [0.25, 0.3) is 10.9 Å². The van der Waals surface area contributed by atoms with Crippen molar-refractivity contribution in [2.75, 3.05) is 18.6 Å². The summed E-state index contributed by atoms with van der Waals surface area (Å²) in [6.07, 6.45) is 17.1. The Morgan fingerprint density at radius 2 is 1.41 bits per heavy atom. The summed E-state index contributed by atoms with van der Waals surface area (Å²) in [4.78, 5) is 46.3. The van der Waals surface area contributed by atoms with Crippen LogP contribution in [0.15, 0.2) is 12.1 Å². The Morgan fingerprint density at radius 1 is 0.864 bits per heavy atom. The highest BCUT2D eigenvalue weighted by molar-refractivity contribution is 6.14. The molecule has 7 nitrogen and oxygen atoms in total. The standard InChI is InChI=1S/C37H59N3O4/c1-6-8-10-12-14-16-18-20-31(42)28-22-23-30-33-29(24-27(25-41)38-37(44)36(26(3)4)40(30)5)34(39-35(28)33)32(43)21-19-17-15-13-11-9-7-2/h22-23,26-27,36,39,41H,6-21,24-25H2,1-5H3,(H,38,44)/t27-,36-/m0/s1. The molecule has 1 aromatic carbocycles. The van der Waals surface area contributed by atoms with E-state index in [1.807, 2.05) is 37.9 Å². The number of nitrogens with zero attached hydrogens (tertiary/aromatic N) is 1. The number of rotatable bonds is 20. The second-order valence-corrected chi connectivity index (χ2v) is 13.3. The first kappa shape index (κ1) is 35.8. The predicted octanol–water partition coefficient (Wildman–Crippen LogP) is 8.31. The third-order valence-corrected chi connectivity index (χ3v) is 9.35. The number of carbonyl (C=O) groups excluding carboxylic acids is 3. The average molecular weight is 610 g/mol. The van der Waals surface area contributed by atoms with Crippen LogP contribution in [-0.4, -0.2) is 53.3 Å². The van der Waals surface area contributed by atoms with Gasteiger partial charge in [-0.1, -0.05) is 105 Å². The Labute approximate surface area is 265 Å². The van der Waals surface area contributed by atoms with Crippen LogP contribution < -0.4 is 10.2 Å². The zero-order valence-electron chi connectivity index (χ0n) is 28.2. The number of ketones is 2. The molecule has 0 aliphatic carbocycles. The molecule has 0 fully saturated rings. The summed E-state index contributed by atoms with van der Waals surface area (Å²) >= 11 is 0. The summed E-state index contributed by atoms with van der Waals surface area (Å²) in [5, 5.41) is 14.2. The van der Waals surface area contributed by atoms with Crippen LogP contribution >= 0.6 is 0 Å². The monoisotopic (exact) mass is 609 g/mol. The first-order chi connectivity index (χ1) is 21.2. The predicted molar refractivity (Wildman–Crippen MR) is 182 cm³/mol. The maximum atomic E-state index is 13.8. The molecule has 44 heavy (non-hydrogen) atoms. The maximum Gasteiger partial charge on any atom is 0.243 e. The molecule has 0 unspecified atom stereocenters. The van der Waals surface area contributed by atoms with Gasteiger partial charge in [0.25, 0.3) is 0 Å². The third-order valence-electron chi connectivity index (χ3n) is 9.35. The van der Waals surface area contributed by atoms with Gasteiger partial charge in [0.2, 0.25) is 5.91 Å². The van der Waals surface area contributed by atoms with E-state index in [-0.39, 0.29) is 30.0 Å². The number of Topliss-reactive ketones (excluding diaryl/α,β-unsaturated/α-hetero) is 2. The van der Waals surface area contributed by atoms with Crippen molar-refractivity contribution in [2.24, 2.45) is 5.92 Å². The van der Waals surface area contributed by atoms with Gasteiger partial charge in [0.1, 0.15) is 6.04 Å². The second-order valence-electron chi connectivity index (χ2n) is 13.3. The largest absolute Gasteiger partial charge is 0.394 e. The van der Waals surface area contributed by atoms with Crippen molar-refractivity contribution in [3.8, 4) is 0 Å². The number of carbonyl (C=O) groups is 3. The Bertz CT molecular complexity index is 1220. The number of nitrogens with one attached hydrogen (secondary N) is 2. The molecule has 0 saturated heterocycles. The van der Waals surface area contributed by atoms with Gasteiger partial charge in [-0.2, -0.15) is 0 Å². The Hall–Kier alpha value is -2.67. The number of aliphatic hydroxyl groups excluding tert-OH is 1. The molecule has 0 spiro atoms. The van der Waals surface area contributed by atoms with Gasteiger partial charge in [-0.15, -0.1) is 0 Å². The van der Waals surface area contributed by atoms with Gasteiger partial charge in [-0.05, 0) is 42.9 Å². The quantitative estimate of drug-likeness (QED) is 0.103. The van der Waals surface area contributed by atoms with Crippen LogP contribution in [0.5, 0.6) is 0 Å². The Morgan fingerprint density at radius 3 is 1.95 bits per heavy atom. The molecule has 0 radical (unpaired) electrons. The second kappa shape index (κ2) is 18.3. The fraction of sp³-hybridized carbons (Fsp3) is 0.703. The van der Waals surface area contributed by atoms with E-state index in [4.69, 9.17) is 0 Å². The van der Waals surface area contributed by atoms with Crippen molar-refractivity contribution >= 4 is 34.1 Å². The minimum atomic E-state index is -0.528. The van der Waals surface area contributed by atoms with Gasteiger partial charge in [0.15, 0.2) is 11.6 Å².